The molecule has 0 saturated carbocycles. The summed E-state index contributed by atoms with van der Waals surface area (Å²) in [6.45, 7) is 7.58. The lowest BCUT2D eigenvalue weighted by Gasteiger charge is -2.20. The normalized spacial score (nSPS) is 11.2. The summed E-state index contributed by atoms with van der Waals surface area (Å²) in [6.07, 6.45) is 0.854. The maximum Gasteiger partial charge on any atom is 0.319 e. The molecule has 88 valence electrons. The van der Waals surface area contributed by atoms with Crippen molar-refractivity contribution in [2.75, 3.05) is 19.8 Å². The SMILES string of the molecule is CCCOCC(=O)C(C)(C)C(=O)OCC. The fraction of sp³-hybridized carbons (Fsp3) is 0.818. The van der Waals surface area contributed by atoms with Crippen LogP contribution in [0.15, 0.2) is 0 Å². The minimum Gasteiger partial charge on any atom is -0.465 e. The van der Waals surface area contributed by atoms with Gasteiger partial charge in [-0.15, -0.1) is 0 Å². The molecule has 0 fully saturated rings. The molecule has 0 heterocycles. The zero-order valence-electron chi connectivity index (χ0n) is 9.96. The molecule has 0 unspecified atom stereocenters. The molecule has 0 aromatic carbocycles. The van der Waals surface area contributed by atoms with E-state index >= 15 is 0 Å². The zero-order valence-corrected chi connectivity index (χ0v) is 9.96. The molecule has 4 nitrogen and oxygen atoms in total. The van der Waals surface area contributed by atoms with Crippen molar-refractivity contribution in [3.05, 3.63) is 0 Å². The Morgan fingerprint density at radius 3 is 2.27 bits per heavy atom. The molecule has 0 aromatic heterocycles. The molecule has 0 bridgehead atoms. The Kier molecular flexibility index (Phi) is 6.17. The minimum atomic E-state index is -1.11. The van der Waals surface area contributed by atoms with Crippen LogP contribution in [0.1, 0.15) is 34.1 Å². The summed E-state index contributed by atoms with van der Waals surface area (Å²) in [6, 6.07) is 0. The van der Waals surface area contributed by atoms with Crippen molar-refractivity contribution in [3.63, 3.8) is 0 Å². The number of carbonyl (C=O) groups excluding carboxylic acids is 2. The van der Waals surface area contributed by atoms with Crippen molar-refractivity contribution < 1.29 is 19.1 Å². The van der Waals surface area contributed by atoms with Gasteiger partial charge in [-0.25, -0.2) is 0 Å². The molecule has 0 spiro atoms. The van der Waals surface area contributed by atoms with Gasteiger partial charge in [0, 0.05) is 6.61 Å². The number of ether oxygens (including phenoxy) is 2. The second kappa shape index (κ2) is 6.56. The molecular weight excluding hydrogens is 196 g/mol. The van der Waals surface area contributed by atoms with Gasteiger partial charge in [0.05, 0.1) is 6.61 Å². The summed E-state index contributed by atoms with van der Waals surface area (Å²) < 4.78 is 9.92. The Labute approximate surface area is 90.9 Å². The molecular formula is C11H20O4. The van der Waals surface area contributed by atoms with Gasteiger partial charge < -0.3 is 9.47 Å². The Morgan fingerprint density at radius 1 is 1.20 bits per heavy atom. The van der Waals surface area contributed by atoms with Crippen molar-refractivity contribution in [3.8, 4) is 0 Å². The first-order valence-corrected chi connectivity index (χ1v) is 5.25. The minimum absolute atomic E-state index is 0.0281. The lowest BCUT2D eigenvalue weighted by molar-refractivity contribution is -0.159. The van der Waals surface area contributed by atoms with Crippen molar-refractivity contribution in [1.29, 1.82) is 0 Å². The first-order valence-electron chi connectivity index (χ1n) is 5.25. The summed E-state index contributed by atoms with van der Waals surface area (Å²) in [5, 5.41) is 0. The van der Waals surface area contributed by atoms with E-state index in [1.54, 1.807) is 20.8 Å². The van der Waals surface area contributed by atoms with Crippen LogP contribution in [0.5, 0.6) is 0 Å². The number of hydrogen-bond donors (Lipinski definition) is 0. The average molecular weight is 216 g/mol. The molecule has 0 aliphatic heterocycles. The van der Waals surface area contributed by atoms with Crippen LogP contribution in [0.25, 0.3) is 0 Å². The van der Waals surface area contributed by atoms with Gasteiger partial charge in [0.2, 0.25) is 0 Å². The van der Waals surface area contributed by atoms with Crippen molar-refractivity contribution >= 4 is 11.8 Å². The van der Waals surface area contributed by atoms with Gasteiger partial charge in [-0.2, -0.15) is 0 Å². The van der Waals surface area contributed by atoms with E-state index in [4.69, 9.17) is 9.47 Å². The molecule has 0 aromatic rings. The number of Topliss-reactive ketones (excluding diaryl/α,β-unsaturated/α-hetero) is 1. The first-order chi connectivity index (χ1) is 6.96. The Bertz CT molecular complexity index is 221. The second-order valence-electron chi connectivity index (χ2n) is 3.82. The molecule has 4 heteroatoms. The molecule has 0 radical (unpaired) electrons. The number of rotatable bonds is 7. The molecule has 0 N–H and O–H groups in total. The van der Waals surface area contributed by atoms with Gasteiger partial charge in [0.1, 0.15) is 12.0 Å². The third-order valence-corrected chi connectivity index (χ3v) is 2.06. The number of ketones is 1. The third-order valence-electron chi connectivity index (χ3n) is 2.06. The third kappa shape index (κ3) is 4.42. The summed E-state index contributed by atoms with van der Waals surface area (Å²) in [4.78, 5) is 23.1. The van der Waals surface area contributed by atoms with Crippen LogP contribution in [-0.2, 0) is 19.1 Å². The van der Waals surface area contributed by atoms with E-state index in [1.807, 2.05) is 6.92 Å². The van der Waals surface area contributed by atoms with Gasteiger partial charge >= 0.3 is 5.97 Å². The number of carbonyl (C=O) groups is 2. The summed E-state index contributed by atoms with van der Waals surface area (Å²) in [5.74, 6) is -0.732. The Morgan fingerprint density at radius 2 is 1.80 bits per heavy atom. The van der Waals surface area contributed by atoms with Crippen LogP contribution in [-0.4, -0.2) is 31.6 Å². The fourth-order valence-electron chi connectivity index (χ4n) is 0.915. The second-order valence-corrected chi connectivity index (χ2v) is 3.82. The highest BCUT2D eigenvalue weighted by atomic mass is 16.5. The lowest BCUT2D eigenvalue weighted by Crippen LogP contribution is -2.37. The van der Waals surface area contributed by atoms with Gasteiger partial charge in [0.15, 0.2) is 5.78 Å². The molecule has 15 heavy (non-hydrogen) atoms. The van der Waals surface area contributed by atoms with Gasteiger partial charge in [-0.1, -0.05) is 6.92 Å². The van der Waals surface area contributed by atoms with E-state index in [9.17, 15) is 9.59 Å². The van der Waals surface area contributed by atoms with Crippen molar-refractivity contribution in [2.45, 2.75) is 34.1 Å². The van der Waals surface area contributed by atoms with Gasteiger partial charge in [0.25, 0.3) is 0 Å². The molecule has 0 amide bonds. The Hall–Kier alpha value is -0.900. The molecule has 0 aliphatic rings. The first kappa shape index (κ1) is 14.1. The monoisotopic (exact) mass is 216 g/mol. The molecule has 0 atom stereocenters. The molecule has 0 rings (SSSR count). The van der Waals surface area contributed by atoms with E-state index in [-0.39, 0.29) is 19.0 Å². The largest absolute Gasteiger partial charge is 0.465 e. The van der Waals surface area contributed by atoms with Crippen molar-refractivity contribution in [1.82, 2.24) is 0 Å². The lowest BCUT2D eigenvalue weighted by atomic mass is 9.88. The maximum absolute atomic E-state index is 11.6. The maximum atomic E-state index is 11.6. The van der Waals surface area contributed by atoms with E-state index in [0.717, 1.165) is 6.42 Å². The standard InChI is InChI=1S/C11H20O4/c1-5-7-14-8-9(12)11(3,4)10(13)15-6-2/h5-8H2,1-4H3. The van der Waals surface area contributed by atoms with E-state index in [2.05, 4.69) is 0 Å². The van der Waals surface area contributed by atoms with Crippen molar-refractivity contribution in [2.24, 2.45) is 5.41 Å². The summed E-state index contributed by atoms with van der Waals surface area (Å²) in [7, 11) is 0. The highest BCUT2D eigenvalue weighted by molar-refractivity contribution is 6.03. The van der Waals surface area contributed by atoms with Crippen LogP contribution in [0.2, 0.25) is 0 Å². The van der Waals surface area contributed by atoms with Crippen LogP contribution < -0.4 is 0 Å². The Balaban J connectivity index is 4.19. The quantitative estimate of drug-likeness (QED) is 0.368. The van der Waals surface area contributed by atoms with Crippen LogP contribution >= 0.6 is 0 Å². The zero-order chi connectivity index (χ0) is 11.9. The number of hydrogen-bond acceptors (Lipinski definition) is 4. The fourth-order valence-corrected chi connectivity index (χ4v) is 0.915. The predicted molar refractivity (Wildman–Crippen MR) is 56.5 cm³/mol. The summed E-state index contributed by atoms with van der Waals surface area (Å²) >= 11 is 0. The highest BCUT2D eigenvalue weighted by Gasteiger charge is 2.36. The molecule has 0 saturated heterocycles. The van der Waals surface area contributed by atoms with E-state index in [0.29, 0.717) is 6.61 Å². The smallest absolute Gasteiger partial charge is 0.319 e. The summed E-state index contributed by atoms with van der Waals surface area (Å²) in [5.41, 5.74) is -1.11. The van der Waals surface area contributed by atoms with Gasteiger partial charge in [-0.05, 0) is 27.2 Å². The topological polar surface area (TPSA) is 52.6 Å². The average Bonchev–Trinajstić information content (AvgIpc) is 2.18. The van der Waals surface area contributed by atoms with E-state index < -0.39 is 11.4 Å². The van der Waals surface area contributed by atoms with Gasteiger partial charge in [-0.3, -0.25) is 9.59 Å². The highest BCUT2D eigenvalue weighted by Crippen LogP contribution is 2.19. The number of esters is 1. The van der Waals surface area contributed by atoms with Crippen LogP contribution in [0.3, 0.4) is 0 Å². The molecule has 0 aliphatic carbocycles. The van der Waals surface area contributed by atoms with Crippen LogP contribution in [0, 0.1) is 5.41 Å². The predicted octanol–water partition coefficient (Wildman–Crippen LogP) is 1.57. The van der Waals surface area contributed by atoms with Crippen LogP contribution in [0.4, 0.5) is 0 Å². The van der Waals surface area contributed by atoms with E-state index in [1.165, 1.54) is 0 Å².